The fourth-order valence-corrected chi connectivity index (χ4v) is 4.33. The Bertz CT molecular complexity index is 1200. The Kier molecular flexibility index (Phi) is 5.10. The number of carboxylic acid groups (broad SMARTS) is 1. The monoisotopic (exact) mass is 430 g/mol. The van der Waals surface area contributed by atoms with E-state index in [1.807, 2.05) is 17.8 Å². The maximum atomic E-state index is 11.7. The molecule has 30 heavy (non-hydrogen) atoms. The summed E-state index contributed by atoms with van der Waals surface area (Å²) in [5.74, 6) is 0.454. The molecule has 0 radical (unpaired) electrons. The highest BCUT2D eigenvalue weighted by Gasteiger charge is 2.25. The third kappa shape index (κ3) is 3.82. The van der Waals surface area contributed by atoms with Crippen LogP contribution in [0.25, 0.3) is 22.2 Å². The second-order valence-electron chi connectivity index (χ2n) is 7.41. The van der Waals surface area contributed by atoms with Crippen LogP contribution in [0.3, 0.4) is 0 Å². The Balaban J connectivity index is 1.64. The van der Waals surface area contributed by atoms with Crippen LogP contribution in [-0.4, -0.2) is 64.5 Å². The van der Waals surface area contributed by atoms with Gasteiger partial charge in [0.05, 0.1) is 4.90 Å². The molecule has 158 valence electrons. The van der Waals surface area contributed by atoms with Gasteiger partial charge < -0.3 is 19.3 Å². The average Bonchev–Trinajstić information content (AvgIpc) is 3.05. The van der Waals surface area contributed by atoms with Gasteiger partial charge in [-0.15, -0.1) is 0 Å². The van der Waals surface area contributed by atoms with Crippen molar-refractivity contribution >= 4 is 27.0 Å². The van der Waals surface area contributed by atoms with Crippen molar-refractivity contribution in [3.63, 3.8) is 0 Å². The van der Waals surface area contributed by atoms with Crippen molar-refractivity contribution in [3.05, 3.63) is 36.8 Å². The van der Waals surface area contributed by atoms with Crippen LogP contribution in [0.2, 0.25) is 0 Å². The van der Waals surface area contributed by atoms with Gasteiger partial charge >= 0.3 is 6.09 Å². The van der Waals surface area contributed by atoms with Gasteiger partial charge in [0.25, 0.3) is 0 Å². The zero-order chi connectivity index (χ0) is 21.5. The lowest BCUT2D eigenvalue weighted by molar-refractivity contribution is 0.0877. The van der Waals surface area contributed by atoms with Gasteiger partial charge in [0.1, 0.15) is 23.5 Å². The van der Waals surface area contributed by atoms with Gasteiger partial charge in [-0.1, -0.05) is 12.1 Å². The molecule has 0 spiro atoms. The number of ether oxygens (including phenoxy) is 1. The summed E-state index contributed by atoms with van der Waals surface area (Å²) >= 11 is 0. The summed E-state index contributed by atoms with van der Waals surface area (Å²) in [5.41, 5.74) is 3.13. The predicted molar refractivity (Wildman–Crippen MR) is 110 cm³/mol. The van der Waals surface area contributed by atoms with Crippen molar-refractivity contribution in [1.29, 1.82) is 0 Å². The van der Waals surface area contributed by atoms with E-state index in [1.165, 1.54) is 17.5 Å². The standard InChI is InChI=1S/C20H22N4O5S/c1-23-11-16(13-3-5-15(6-4-13)30(2,27)28)17-18(23)19(22-12-21-17)29-14-7-9-24(10-8-14)20(25)26/h3-6,11-12,14H,7-10H2,1-2H3,(H,25,26). The van der Waals surface area contributed by atoms with E-state index in [-0.39, 0.29) is 11.0 Å². The van der Waals surface area contributed by atoms with Crippen LogP contribution in [0, 0.1) is 0 Å². The van der Waals surface area contributed by atoms with Crippen molar-refractivity contribution in [3.8, 4) is 17.0 Å². The smallest absolute Gasteiger partial charge is 0.407 e. The Morgan fingerprint density at radius 2 is 1.83 bits per heavy atom. The maximum Gasteiger partial charge on any atom is 0.407 e. The molecule has 1 aliphatic heterocycles. The van der Waals surface area contributed by atoms with Crippen molar-refractivity contribution < 1.29 is 23.1 Å². The van der Waals surface area contributed by atoms with E-state index in [9.17, 15) is 13.2 Å². The largest absolute Gasteiger partial charge is 0.473 e. The van der Waals surface area contributed by atoms with Crippen LogP contribution in [0.1, 0.15) is 12.8 Å². The van der Waals surface area contributed by atoms with Crippen molar-refractivity contribution in [2.75, 3.05) is 19.3 Å². The molecule has 1 saturated heterocycles. The summed E-state index contributed by atoms with van der Waals surface area (Å²) in [6.07, 6.45) is 4.70. The predicted octanol–water partition coefficient (Wildman–Crippen LogP) is 2.56. The van der Waals surface area contributed by atoms with E-state index in [0.717, 1.165) is 16.6 Å². The highest BCUT2D eigenvalue weighted by Crippen LogP contribution is 2.33. The van der Waals surface area contributed by atoms with E-state index < -0.39 is 15.9 Å². The normalized spacial score (nSPS) is 15.5. The number of aryl methyl sites for hydroxylation is 1. The molecule has 2 aromatic heterocycles. The van der Waals surface area contributed by atoms with Crippen LogP contribution in [0.5, 0.6) is 5.88 Å². The molecule has 9 nitrogen and oxygen atoms in total. The number of hydrogen-bond acceptors (Lipinski definition) is 6. The molecule has 1 amide bonds. The first-order chi connectivity index (χ1) is 14.2. The zero-order valence-electron chi connectivity index (χ0n) is 16.6. The highest BCUT2D eigenvalue weighted by atomic mass is 32.2. The molecule has 0 unspecified atom stereocenters. The molecule has 0 aliphatic carbocycles. The highest BCUT2D eigenvalue weighted by molar-refractivity contribution is 7.90. The van der Waals surface area contributed by atoms with Crippen LogP contribution >= 0.6 is 0 Å². The van der Waals surface area contributed by atoms with Crippen molar-refractivity contribution in [1.82, 2.24) is 19.4 Å². The first-order valence-electron chi connectivity index (χ1n) is 9.49. The number of fused-ring (bicyclic) bond motifs is 1. The summed E-state index contributed by atoms with van der Waals surface area (Å²) in [4.78, 5) is 21.5. The van der Waals surface area contributed by atoms with E-state index in [1.54, 1.807) is 24.3 Å². The van der Waals surface area contributed by atoms with Gasteiger partial charge in [0.15, 0.2) is 9.84 Å². The minimum absolute atomic E-state index is 0.119. The second kappa shape index (κ2) is 7.60. The van der Waals surface area contributed by atoms with Crippen LogP contribution in [-0.2, 0) is 16.9 Å². The number of nitrogens with zero attached hydrogens (tertiary/aromatic N) is 4. The van der Waals surface area contributed by atoms with Gasteiger partial charge in [-0.3, -0.25) is 0 Å². The van der Waals surface area contributed by atoms with Crippen molar-refractivity contribution in [2.24, 2.45) is 7.05 Å². The number of piperidine rings is 1. The summed E-state index contributed by atoms with van der Waals surface area (Å²) < 4.78 is 31.4. The Morgan fingerprint density at radius 1 is 1.17 bits per heavy atom. The SMILES string of the molecule is Cn1cc(-c2ccc(S(C)(=O)=O)cc2)c2ncnc(OC3CCN(C(=O)O)CC3)c21. The molecule has 0 bridgehead atoms. The number of amides is 1. The number of carbonyl (C=O) groups is 1. The Labute approximate surface area is 173 Å². The molecule has 3 aromatic rings. The molecule has 1 N–H and O–H groups in total. The molecule has 10 heteroatoms. The van der Waals surface area contributed by atoms with E-state index in [2.05, 4.69) is 9.97 Å². The molecular weight excluding hydrogens is 408 g/mol. The molecule has 0 atom stereocenters. The van der Waals surface area contributed by atoms with Gasteiger partial charge in [-0.25, -0.2) is 18.2 Å². The number of hydrogen-bond donors (Lipinski definition) is 1. The van der Waals surface area contributed by atoms with E-state index in [0.29, 0.717) is 37.3 Å². The quantitative estimate of drug-likeness (QED) is 0.676. The first-order valence-corrected chi connectivity index (χ1v) is 11.4. The summed E-state index contributed by atoms with van der Waals surface area (Å²) in [5, 5.41) is 9.09. The summed E-state index contributed by atoms with van der Waals surface area (Å²) in [7, 11) is -1.39. The number of rotatable bonds is 4. The van der Waals surface area contributed by atoms with Crippen LogP contribution < -0.4 is 4.74 Å². The number of benzene rings is 1. The van der Waals surface area contributed by atoms with Gasteiger partial charge in [-0.05, 0) is 17.7 Å². The first kappa shape index (κ1) is 20.1. The van der Waals surface area contributed by atoms with E-state index in [4.69, 9.17) is 9.84 Å². The second-order valence-corrected chi connectivity index (χ2v) is 9.43. The Morgan fingerprint density at radius 3 is 2.43 bits per heavy atom. The lowest BCUT2D eigenvalue weighted by Gasteiger charge is -2.30. The molecule has 1 aliphatic rings. The molecule has 4 rings (SSSR count). The van der Waals surface area contributed by atoms with Crippen LogP contribution in [0.4, 0.5) is 4.79 Å². The fraction of sp³-hybridized carbons (Fsp3) is 0.350. The van der Waals surface area contributed by atoms with E-state index >= 15 is 0 Å². The molecule has 0 saturated carbocycles. The lowest BCUT2D eigenvalue weighted by Crippen LogP contribution is -2.41. The maximum absolute atomic E-state index is 11.7. The molecule has 3 heterocycles. The van der Waals surface area contributed by atoms with Gasteiger partial charge in [0, 0.05) is 51.0 Å². The third-order valence-corrected chi connectivity index (χ3v) is 6.43. The molecule has 1 aromatic carbocycles. The lowest BCUT2D eigenvalue weighted by atomic mass is 10.1. The Hall–Kier alpha value is -3.14. The zero-order valence-corrected chi connectivity index (χ0v) is 17.5. The van der Waals surface area contributed by atoms with Crippen LogP contribution in [0.15, 0.2) is 41.7 Å². The summed E-state index contributed by atoms with van der Waals surface area (Å²) in [6.45, 7) is 0.860. The fourth-order valence-electron chi connectivity index (χ4n) is 3.70. The topological polar surface area (TPSA) is 115 Å². The number of likely N-dealkylation sites (tertiary alicyclic amines) is 1. The third-order valence-electron chi connectivity index (χ3n) is 5.30. The number of sulfone groups is 1. The minimum atomic E-state index is -3.26. The summed E-state index contributed by atoms with van der Waals surface area (Å²) in [6, 6.07) is 6.68. The minimum Gasteiger partial charge on any atom is -0.473 e. The average molecular weight is 430 g/mol. The molecular formula is C20H22N4O5S. The molecule has 1 fully saturated rings. The van der Waals surface area contributed by atoms with Gasteiger partial charge in [0.2, 0.25) is 5.88 Å². The number of aromatic nitrogens is 3. The van der Waals surface area contributed by atoms with Gasteiger partial charge in [-0.2, -0.15) is 4.98 Å². The van der Waals surface area contributed by atoms with Crippen molar-refractivity contribution in [2.45, 2.75) is 23.8 Å².